The molecule has 34 heteroatoms. The van der Waals surface area contributed by atoms with Crippen LogP contribution in [0.25, 0.3) is 0 Å². The topological polar surface area (TPSA) is 470 Å². The molecule has 7 heterocycles. The molecular formula is C59H88N14O20. The molecule has 12 N–H and O–H groups in total. The second-order valence-electron chi connectivity index (χ2n) is 24.9. The predicted octanol–water partition coefficient (Wildman–Crippen LogP) is -5.57. The van der Waals surface area contributed by atoms with Crippen molar-refractivity contribution in [1.82, 2.24) is 71.9 Å². The monoisotopic (exact) mass is 1310 g/mol. The maximum absolute atomic E-state index is 14.6. The average molecular weight is 1310 g/mol. The van der Waals surface area contributed by atoms with Crippen LogP contribution in [0.1, 0.15) is 129 Å². The number of aliphatic hydroxyl groups excluding tert-OH is 1. The number of amides is 13. The zero-order valence-electron chi connectivity index (χ0n) is 52.4. The Morgan fingerprint density at radius 2 is 0.806 bits per heavy atom. The van der Waals surface area contributed by atoms with Gasteiger partial charge in [-0.25, -0.2) is 0 Å². The van der Waals surface area contributed by atoms with Gasteiger partial charge in [-0.15, -0.1) is 0 Å². The molecule has 7 fully saturated rings. The summed E-state index contributed by atoms with van der Waals surface area (Å²) in [5, 5.41) is 58.1. The Labute approximate surface area is 536 Å². The van der Waals surface area contributed by atoms with E-state index in [1.165, 1.54) is 29.4 Å². The third-order valence-corrected chi connectivity index (χ3v) is 18.2. The van der Waals surface area contributed by atoms with Gasteiger partial charge in [-0.1, -0.05) is 13.8 Å². The van der Waals surface area contributed by atoms with Gasteiger partial charge in [0, 0.05) is 52.1 Å². The Balaban J connectivity index is 0.958. The van der Waals surface area contributed by atoms with Gasteiger partial charge in [0.05, 0.1) is 25.7 Å². The van der Waals surface area contributed by atoms with Gasteiger partial charge in [0.1, 0.15) is 67.0 Å². The number of hydrogen-bond acceptors (Lipinski definition) is 18. The molecule has 0 aromatic carbocycles. The fourth-order valence-electron chi connectivity index (χ4n) is 13.4. The highest BCUT2D eigenvalue weighted by Crippen LogP contribution is 2.31. The Bertz CT molecular complexity index is 2870. The van der Waals surface area contributed by atoms with Crippen LogP contribution in [0.2, 0.25) is 0 Å². The third-order valence-electron chi connectivity index (χ3n) is 18.2. The first kappa shape index (κ1) is 71.9. The van der Waals surface area contributed by atoms with Crippen LogP contribution in [0.4, 0.5) is 0 Å². The van der Waals surface area contributed by atoms with Gasteiger partial charge in [-0.05, 0) is 115 Å². The van der Waals surface area contributed by atoms with Gasteiger partial charge >= 0.3 is 17.9 Å². The minimum absolute atomic E-state index is 0.0186. The van der Waals surface area contributed by atoms with E-state index in [1.54, 1.807) is 13.8 Å². The van der Waals surface area contributed by atoms with E-state index in [4.69, 9.17) is 5.11 Å². The number of likely N-dealkylation sites (tertiary alicyclic amines) is 6. The molecule has 34 nitrogen and oxygen atoms in total. The number of carboxylic acid groups (broad SMARTS) is 3. The standard InChI is InChI=1S/C59H88N14O20/c1-32(2)48(67-53(87)39-13-5-23-69(39)57(91)42-16-9-27-73(42)58(92)41-15-8-25-71(41)54(88)34(17-19-45(77)78)64-44(76)29-63-49(83)33-10-3-21-60-33)59(93)70-24-6-12-38(70)51(85)65-35(18-20-46(79)80)55(89)72-26-7-14-40(72)56(90)68-22-4-11-37(68)52(86)66-36(31-74)50(84)62-28-43(75)61-30-47(81)82/h32-42,48,60,74H,3-31H2,1-2H3,(H,61,75)(H,62,84)(H,63,83)(H,64,76)(H,65,85)(H,66,86)(H,67,87)(H,77,78)(H,79,80)(H,81,82)/t33-,34-,35-,36-,37-,38-,39-,40-,41-,42-,48-/m0/s1. The van der Waals surface area contributed by atoms with Gasteiger partial charge in [0.25, 0.3) is 0 Å². The highest BCUT2D eigenvalue weighted by Gasteiger charge is 2.49. The van der Waals surface area contributed by atoms with Crippen molar-refractivity contribution < 1.29 is 97.1 Å². The number of hydrogen-bond donors (Lipinski definition) is 12. The molecule has 0 aromatic heterocycles. The quantitative estimate of drug-likeness (QED) is 0.0332. The molecule has 93 heavy (non-hydrogen) atoms. The normalized spacial score (nSPS) is 24.0. The summed E-state index contributed by atoms with van der Waals surface area (Å²) in [6.07, 6.45) is 2.85. The fourth-order valence-corrected chi connectivity index (χ4v) is 13.4. The smallest absolute Gasteiger partial charge is 0.322 e. The van der Waals surface area contributed by atoms with Gasteiger partial charge in [-0.3, -0.25) is 76.7 Å². The fraction of sp³-hybridized carbons (Fsp3) is 0.729. The summed E-state index contributed by atoms with van der Waals surface area (Å²) in [4.78, 5) is 222. The van der Waals surface area contributed by atoms with Crippen molar-refractivity contribution in [2.75, 3.05) is 72.1 Å². The summed E-state index contributed by atoms with van der Waals surface area (Å²) in [6.45, 7) is 1.80. The molecule has 0 unspecified atom stereocenters. The second kappa shape index (κ2) is 33.3. The van der Waals surface area contributed by atoms with E-state index in [-0.39, 0.29) is 84.2 Å². The van der Waals surface area contributed by atoms with Crippen LogP contribution in [-0.4, -0.2) is 283 Å². The second-order valence-corrected chi connectivity index (χ2v) is 24.9. The largest absolute Gasteiger partial charge is 0.481 e. The molecule has 0 radical (unpaired) electrons. The van der Waals surface area contributed by atoms with E-state index >= 15 is 0 Å². The summed E-state index contributed by atoms with van der Waals surface area (Å²) in [5.41, 5.74) is 0. The van der Waals surface area contributed by atoms with E-state index in [0.29, 0.717) is 51.5 Å². The molecular weight excluding hydrogens is 1220 g/mol. The summed E-state index contributed by atoms with van der Waals surface area (Å²) < 4.78 is 0. The molecule has 0 bridgehead atoms. The van der Waals surface area contributed by atoms with Crippen LogP contribution in [0, 0.1) is 5.92 Å². The molecule has 7 aliphatic heterocycles. The maximum atomic E-state index is 14.6. The van der Waals surface area contributed by atoms with E-state index in [0.717, 1.165) is 6.42 Å². The molecule has 0 aromatic rings. The number of carbonyl (C=O) groups excluding carboxylic acids is 13. The van der Waals surface area contributed by atoms with Crippen molar-refractivity contribution in [2.24, 2.45) is 5.92 Å². The SMILES string of the molecule is CC(C)[C@H](NC(=O)[C@@H]1CCCN1C(=O)[C@@H]1CCCN1C(=O)[C@@H]1CCCN1C(=O)[C@H](CCC(=O)O)NC(=O)CNC(=O)[C@@H]1CCCN1)C(=O)N1CCC[C@H]1C(=O)N[C@@H](CCC(=O)O)C(=O)N1CCC[C@H]1C(=O)N1CCC[C@H]1C(=O)N[C@@H](CO)C(=O)NCC(=O)NCC(=O)O. The van der Waals surface area contributed by atoms with E-state index in [2.05, 4.69) is 37.2 Å². The Morgan fingerprint density at radius 3 is 1.25 bits per heavy atom. The Kier molecular flexibility index (Phi) is 25.8. The lowest BCUT2D eigenvalue weighted by Crippen LogP contribution is -2.60. The number of nitrogens with one attached hydrogen (secondary N) is 8. The van der Waals surface area contributed by atoms with Crippen molar-refractivity contribution in [3.05, 3.63) is 0 Å². The third kappa shape index (κ3) is 18.4. The highest BCUT2D eigenvalue weighted by molar-refractivity contribution is 6.00. The van der Waals surface area contributed by atoms with Gasteiger partial charge in [0.2, 0.25) is 76.8 Å². The number of carbonyl (C=O) groups is 16. The van der Waals surface area contributed by atoms with Crippen molar-refractivity contribution in [1.29, 1.82) is 0 Å². The zero-order chi connectivity index (χ0) is 67.8. The number of aliphatic hydroxyl groups is 1. The van der Waals surface area contributed by atoms with Crippen molar-refractivity contribution >= 4 is 94.7 Å². The van der Waals surface area contributed by atoms with Crippen molar-refractivity contribution in [3.63, 3.8) is 0 Å². The van der Waals surface area contributed by atoms with Crippen LogP contribution in [-0.2, 0) is 76.7 Å². The predicted molar refractivity (Wildman–Crippen MR) is 319 cm³/mol. The highest BCUT2D eigenvalue weighted by atomic mass is 16.4. The minimum atomic E-state index is -1.57. The molecule has 7 aliphatic rings. The summed E-state index contributed by atoms with van der Waals surface area (Å²) in [5.74, 6) is -13.4. The Hall–Kier alpha value is -8.56. The summed E-state index contributed by atoms with van der Waals surface area (Å²) >= 11 is 0. The van der Waals surface area contributed by atoms with Crippen molar-refractivity contribution in [2.45, 2.75) is 196 Å². The lowest BCUT2D eigenvalue weighted by molar-refractivity contribution is -0.151. The summed E-state index contributed by atoms with van der Waals surface area (Å²) in [6, 6.07) is -12.8. The van der Waals surface area contributed by atoms with Crippen LogP contribution < -0.4 is 42.5 Å². The van der Waals surface area contributed by atoms with Gasteiger partial charge in [-0.2, -0.15) is 0 Å². The van der Waals surface area contributed by atoms with Crippen LogP contribution >= 0.6 is 0 Å². The molecule has 11 atom stereocenters. The molecule has 13 amide bonds. The number of carboxylic acids is 3. The average Bonchev–Trinajstić information content (AvgIpc) is 2.27. The van der Waals surface area contributed by atoms with Crippen LogP contribution in [0.5, 0.6) is 0 Å². The Morgan fingerprint density at radius 1 is 0.409 bits per heavy atom. The van der Waals surface area contributed by atoms with Crippen LogP contribution in [0.15, 0.2) is 0 Å². The molecule has 7 rings (SSSR count). The molecule has 514 valence electrons. The van der Waals surface area contributed by atoms with Crippen molar-refractivity contribution in [3.8, 4) is 0 Å². The van der Waals surface area contributed by atoms with Gasteiger partial charge < -0.3 is 92.4 Å². The molecule has 7 saturated heterocycles. The van der Waals surface area contributed by atoms with Crippen LogP contribution in [0.3, 0.4) is 0 Å². The minimum Gasteiger partial charge on any atom is -0.481 e. The number of rotatable bonds is 29. The number of aliphatic carboxylic acids is 3. The molecule has 0 aliphatic carbocycles. The zero-order valence-corrected chi connectivity index (χ0v) is 52.4. The lowest BCUT2D eigenvalue weighted by atomic mass is 10.0. The van der Waals surface area contributed by atoms with E-state index in [9.17, 15) is 92.0 Å². The van der Waals surface area contributed by atoms with Gasteiger partial charge in [0.15, 0.2) is 0 Å². The van der Waals surface area contributed by atoms with E-state index in [1.807, 2.05) is 5.32 Å². The first-order chi connectivity index (χ1) is 44.3. The molecule has 0 saturated carbocycles. The first-order valence-electron chi connectivity index (χ1n) is 32.2. The number of nitrogens with zero attached hydrogens (tertiary/aromatic N) is 6. The lowest BCUT2D eigenvalue weighted by Gasteiger charge is -2.35. The summed E-state index contributed by atoms with van der Waals surface area (Å²) in [7, 11) is 0. The molecule has 0 spiro atoms. The first-order valence-corrected chi connectivity index (χ1v) is 32.2. The maximum Gasteiger partial charge on any atom is 0.322 e. The van der Waals surface area contributed by atoms with E-state index < -0.39 is 213 Å².